The number of carbonyl (C=O) groups is 3. The Hall–Kier alpha value is -4.79. The van der Waals surface area contributed by atoms with E-state index in [-0.39, 0.29) is 64.6 Å². The maximum Gasteiger partial charge on any atom is 0.315 e. The number of furan rings is 1. The number of fused-ring (bicyclic) bond motifs is 1. The van der Waals surface area contributed by atoms with Crippen LogP contribution in [-0.2, 0) is 22.4 Å². The van der Waals surface area contributed by atoms with E-state index >= 15 is 0 Å². The molecule has 35 heavy (non-hydrogen) atoms. The fourth-order valence-electron chi connectivity index (χ4n) is 3.74. The highest BCUT2D eigenvalue weighted by Crippen LogP contribution is 2.34. The van der Waals surface area contributed by atoms with Crippen molar-refractivity contribution >= 4 is 40.0 Å². The Morgan fingerprint density at radius 2 is 1.63 bits per heavy atom. The minimum atomic E-state index is -0.558. The number of nitrogen functional groups attached to an aromatic ring is 2. The second-order valence-electron chi connectivity index (χ2n) is 7.99. The van der Waals surface area contributed by atoms with Crippen molar-refractivity contribution in [3.63, 3.8) is 0 Å². The number of carbonyl (C=O) groups excluding carboxylic acids is 3. The first-order valence-electron chi connectivity index (χ1n) is 10.7. The molecule has 0 aliphatic heterocycles. The molecule has 0 radical (unpaired) electrons. The van der Waals surface area contributed by atoms with E-state index in [4.69, 9.17) is 26.4 Å². The van der Waals surface area contributed by atoms with Gasteiger partial charge in [0.05, 0.1) is 23.4 Å². The van der Waals surface area contributed by atoms with Crippen molar-refractivity contribution < 1.29 is 28.6 Å². The Balaban J connectivity index is 1.69. The summed E-state index contributed by atoms with van der Waals surface area (Å²) in [6.45, 7) is 0. The van der Waals surface area contributed by atoms with Crippen LogP contribution in [-0.4, -0.2) is 22.8 Å². The number of aromatic hydroxyl groups is 1. The van der Waals surface area contributed by atoms with Crippen molar-refractivity contribution in [3.8, 4) is 11.5 Å². The van der Waals surface area contributed by atoms with Crippen molar-refractivity contribution in [2.75, 3.05) is 11.5 Å². The number of amides is 1. The van der Waals surface area contributed by atoms with Crippen LogP contribution in [0.3, 0.4) is 0 Å². The maximum atomic E-state index is 13.4. The van der Waals surface area contributed by atoms with Crippen molar-refractivity contribution in [1.29, 1.82) is 0 Å². The minimum absolute atomic E-state index is 0.0428. The van der Waals surface area contributed by atoms with Gasteiger partial charge < -0.3 is 31.5 Å². The predicted molar refractivity (Wildman–Crippen MR) is 130 cm³/mol. The largest absolute Gasteiger partial charge is 0.504 e. The summed E-state index contributed by atoms with van der Waals surface area (Å²) in [5.41, 5.74) is 18.2. The number of aryl methyl sites for hydroxylation is 1. The van der Waals surface area contributed by atoms with Gasteiger partial charge in [-0.15, -0.1) is 0 Å². The van der Waals surface area contributed by atoms with Gasteiger partial charge in [0.1, 0.15) is 17.1 Å². The molecule has 0 spiro atoms. The molecule has 0 unspecified atom stereocenters. The quantitative estimate of drug-likeness (QED) is 0.0993. The smallest absolute Gasteiger partial charge is 0.315 e. The van der Waals surface area contributed by atoms with E-state index in [1.165, 1.54) is 18.2 Å². The average molecular weight is 473 g/mol. The molecule has 1 heterocycles. The first-order chi connectivity index (χ1) is 16.7. The van der Waals surface area contributed by atoms with Crippen LogP contribution < -0.4 is 21.9 Å². The van der Waals surface area contributed by atoms with Gasteiger partial charge in [0.15, 0.2) is 11.5 Å². The summed E-state index contributed by atoms with van der Waals surface area (Å²) in [7, 11) is 0. The molecule has 0 saturated heterocycles. The molecule has 7 N–H and O–H groups in total. The molecular formula is C26H23N3O6. The number of phenols is 1. The van der Waals surface area contributed by atoms with Gasteiger partial charge >= 0.3 is 5.97 Å². The summed E-state index contributed by atoms with van der Waals surface area (Å²) >= 11 is 0. The van der Waals surface area contributed by atoms with Gasteiger partial charge in [0, 0.05) is 29.9 Å². The van der Waals surface area contributed by atoms with Crippen LogP contribution in [0.15, 0.2) is 65.1 Å². The summed E-state index contributed by atoms with van der Waals surface area (Å²) in [6, 6.07) is 16.4. The summed E-state index contributed by atoms with van der Waals surface area (Å²) in [5, 5.41) is 10.3. The average Bonchev–Trinajstić information content (AvgIpc) is 3.18. The highest BCUT2D eigenvalue weighted by Gasteiger charge is 2.24. The minimum Gasteiger partial charge on any atom is -0.504 e. The van der Waals surface area contributed by atoms with Gasteiger partial charge in [-0.05, 0) is 29.8 Å². The van der Waals surface area contributed by atoms with Gasteiger partial charge in [0.25, 0.3) is 0 Å². The van der Waals surface area contributed by atoms with E-state index in [9.17, 15) is 19.5 Å². The normalized spacial score (nSPS) is 10.9. The van der Waals surface area contributed by atoms with Gasteiger partial charge in [-0.3, -0.25) is 14.4 Å². The zero-order chi connectivity index (χ0) is 25.1. The van der Waals surface area contributed by atoms with Gasteiger partial charge in [-0.2, -0.15) is 0 Å². The molecule has 1 aromatic heterocycles. The molecule has 0 fully saturated rings. The van der Waals surface area contributed by atoms with Crippen molar-refractivity contribution in [2.45, 2.75) is 19.3 Å². The maximum absolute atomic E-state index is 13.4. The van der Waals surface area contributed by atoms with Crippen molar-refractivity contribution in [1.82, 2.24) is 0 Å². The lowest BCUT2D eigenvalue weighted by Gasteiger charge is -2.08. The number of rotatable bonds is 8. The molecule has 0 aliphatic carbocycles. The fraction of sp³-hybridized carbons (Fsp3) is 0.115. The first kappa shape index (κ1) is 23.4. The molecule has 0 aliphatic rings. The Bertz CT molecular complexity index is 1420. The van der Waals surface area contributed by atoms with Crippen LogP contribution >= 0.6 is 0 Å². The Kier molecular flexibility index (Phi) is 6.41. The lowest BCUT2D eigenvalue weighted by Crippen LogP contribution is -2.12. The Morgan fingerprint density at radius 1 is 0.943 bits per heavy atom. The lowest BCUT2D eigenvalue weighted by atomic mass is 9.97. The van der Waals surface area contributed by atoms with E-state index in [1.807, 2.05) is 30.3 Å². The Labute approximate surface area is 200 Å². The molecule has 0 atom stereocenters. The molecule has 9 heteroatoms. The van der Waals surface area contributed by atoms with E-state index in [0.29, 0.717) is 5.39 Å². The fourth-order valence-corrected chi connectivity index (χ4v) is 3.74. The third kappa shape index (κ3) is 5.09. The number of nitrogens with two attached hydrogens (primary N) is 3. The molecule has 0 bridgehead atoms. The number of phenolic OH excluding ortho intramolecular Hbond substituents is 1. The number of esters is 1. The zero-order valence-electron chi connectivity index (χ0n) is 18.6. The van der Waals surface area contributed by atoms with Gasteiger partial charge in [-0.1, -0.05) is 30.3 Å². The van der Waals surface area contributed by atoms with Crippen LogP contribution in [0.25, 0.3) is 11.0 Å². The molecular weight excluding hydrogens is 450 g/mol. The molecule has 9 nitrogen and oxygen atoms in total. The molecule has 178 valence electrons. The number of primary amides is 1. The van der Waals surface area contributed by atoms with E-state index in [1.54, 1.807) is 12.1 Å². The van der Waals surface area contributed by atoms with E-state index in [0.717, 1.165) is 5.56 Å². The van der Waals surface area contributed by atoms with Crippen LogP contribution in [0.2, 0.25) is 0 Å². The SMILES string of the molecule is NC(=O)CCc1oc2cc(OC(=O)Cc3ccccc3)ccc2c1C(=O)c1cc(N)c(O)c(N)c1. The molecule has 0 saturated carbocycles. The molecule has 1 amide bonds. The van der Waals surface area contributed by atoms with Crippen LogP contribution in [0, 0.1) is 0 Å². The van der Waals surface area contributed by atoms with Gasteiger partial charge in [0.2, 0.25) is 5.91 Å². The number of benzene rings is 3. The predicted octanol–water partition coefficient (Wildman–Crippen LogP) is 3.10. The van der Waals surface area contributed by atoms with Gasteiger partial charge in [-0.25, -0.2) is 0 Å². The van der Waals surface area contributed by atoms with Crippen LogP contribution in [0.4, 0.5) is 11.4 Å². The first-order valence-corrected chi connectivity index (χ1v) is 10.7. The van der Waals surface area contributed by atoms with E-state index in [2.05, 4.69) is 0 Å². The summed E-state index contributed by atoms with van der Waals surface area (Å²) < 4.78 is 11.3. The molecule has 4 aromatic rings. The summed E-state index contributed by atoms with van der Waals surface area (Å²) in [6.07, 6.45) is 0.129. The Morgan fingerprint density at radius 3 is 2.29 bits per heavy atom. The summed E-state index contributed by atoms with van der Waals surface area (Å²) in [5.74, 6) is -1.31. The highest BCUT2D eigenvalue weighted by molar-refractivity contribution is 6.17. The topological polar surface area (TPSA) is 172 Å². The van der Waals surface area contributed by atoms with Crippen LogP contribution in [0.1, 0.15) is 33.7 Å². The number of anilines is 2. The van der Waals surface area contributed by atoms with Crippen molar-refractivity contribution in [2.24, 2.45) is 5.73 Å². The number of ketones is 1. The number of hydrogen-bond acceptors (Lipinski definition) is 8. The molecule has 4 rings (SSSR count). The van der Waals surface area contributed by atoms with Crippen LogP contribution in [0.5, 0.6) is 11.5 Å². The van der Waals surface area contributed by atoms with E-state index < -0.39 is 17.7 Å². The number of hydrogen-bond donors (Lipinski definition) is 4. The lowest BCUT2D eigenvalue weighted by molar-refractivity contribution is -0.133. The second kappa shape index (κ2) is 9.60. The summed E-state index contributed by atoms with van der Waals surface area (Å²) in [4.78, 5) is 37.1. The third-order valence-corrected chi connectivity index (χ3v) is 5.41. The number of ether oxygens (including phenoxy) is 1. The molecule has 3 aromatic carbocycles. The standard InChI is InChI=1S/C26H23N3O6/c27-18-11-15(12-19(28)26(18)33)25(32)24-17-7-6-16(13-21(17)35-20(24)8-9-22(29)30)34-23(31)10-14-4-2-1-3-5-14/h1-7,11-13,33H,8-10,27-28H2,(H2,29,30). The highest BCUT2D eigenvalue weighted by atomic mass is 16.5. The second-order valence-corrected chi connectivity index (χ2v) is 7.99. The zero-order valence-corrected chi connectivity index (χ0v) is 18.6. The van der Waals surface area contributed by atoms with Crippen molar-refractivity contribution in [3.05, 3.63) is 83.1 Å². The monoisotopic (exact) mass is 473 g/mol. The third-order valence-electron chi connectivity index (χ3n) is 5.41.